The second-order valence-electron chi connectivity index (χ2n) is 6.43. The number of H-pyrrole nitrogens is 1. The molecule has 6 nitrogen and oxygen atoms in total. The number of anilines is 1. The molecule has 0 fully saturated rings. The van der Waals surface area contributed by atoms with Crippen molar-refractivity contribution in [3.8, 4) is 22.6 Å². The summed E-state index contributed by atoms with van der Waals surface area (Å²) in [5, 5.41) is 9.97. The Balaban J connectivity index is 1.53. The third kappa shape index (κ3) is 3.50. The van der Waals surface area contributed by atoms with Crippen LogP contribution in [-0.2, 0) is 7.05 Å². The maximum Gasteiger partial charge on any atom is 0.273 e. The molecule has 2 N–H and O–H groups in total. The Morgan fingerprint density at radius 1 is 1.07 bits per heavy atom. The molecule has 0 aliphatic heterocycles. The van der Waals surface area contributed by atoms with Gasteiger partial charge in [-0.1, -0.05) is 42.0 Å². The maximum absolute atomic E-state index is 12.6. The maximum atomic E-state index is 12.6. The number of hydrogen-bond donors (Lipinski definition) is 2. The quantitative estimate of drug-likeness (QED) is 0.579. The van der Waals surface area contributed by atoms with Gasteiger partial charge in [0.05, 0.1) is 5.69 Å². The van der Waals surface area contributed by atoms with E-state index in [9.17, 15) is 4.79 Å². The first-order valence-corrected chi connectivity index (χ1v) is 8.62. The normalized spacial score (nSPS) is 10.7. The van der Waals surface area contributed by atoms with Crippen molar-refractivity contribution in [3.63, 3.8) is 0 Å². The van der Waals surface area contributed by atoms with Crippen LogP contribution in [-0.4, -0.2) is 25.7 Å². The Kier molecular flexibility index (Phi) is 4.30. The van der Waals surface area contributed by atoms with Gasteiger partial charge in [0.1, 0.15) is 11.5 Å². The van der Waals surface area contributed by atoms with Gasteiger partial charge in [-0.2, -0.15) is 5.10 Å². The number of imidazole rings is 1. The molecule has 0 saturated heterocycles. The summed E-state index contributed by atoms with van der Waals surface area (Å²) in [6.07, 6.45) is 3.63. The number of benzene rings is 2. The molecule has 0 saturated carbocycles. The van der Waals surface area contributed by atoms with Gasteiger partial charge in [-0.15, -0.1) is 0 Å². The van der Waals surface area contributed by atoms with Crippen LogP contribution in [0.3, 0.4) is 0 Å². The van der Waals surface area contributed by atoms with Crippen molar-refractivity contribution in [1.82, 2.24) is 19.7 Å². The number of hydrogen-bond acceptors (Lipinski definition) is 3. The van der Waals surface area contributed by atoms with Gasteiger partial charge < -0.3 is 9.88 Å². The molecule has 0 atom stereocenters. The molecule has 1 amide bonds. The van der Waals surface area contributed by atoms with Crippen molar-refractivity contribution in [2.75, 3.05) is 5.32 Å². The second kappa shape index (κ2) is 6.92. The predicted molar refractivity (Wildman–Crippen MR) is 105 cm³/mol. The molecule has 2 aromatic heterocycles. The van der Waals surface area contributed by atoms with Crippen LogP contribution in [0.15, 0.2) is 67.0 Å². The number of aromatic amines is 1. The van der Waals surface area contributed by atoms with Crippen molar-refractivity contribution in [2.24, 2.45) is 7.05 Å². The molecule has 134 valence electrons. The van der Waals surface area contributed by atoms with Gasteiger partial charge in [0.15, 0.2) is 0 Å². The Hall–Kier alpha value is -3.67. The summed E-state index contributed by atoms with van der Waals surface area (Å²) in [6.45, 7) is 2.03. The van der Waals surface area contributed by atoms with E-state index >= 15 is 0 Å². The van der Waals surface area contributed by atoms with Gasteiger partial charge in [-0.05, 0) is 25.1 Å². The van der Waals surface area contributed by atoms with Crippen molar-refractivity contribution < 1.29 is 4.79 Å². The summed E-state index contributed by atoms with van der Waals surface area (Å²) >= 11 is 0. The van der Waals surface area contributed by atoms with Crippen molar-refractivity contribution in [2.45, 2.75) is 6.92 Å². The highest BCUT2D eigenvalue weighted by atomic mass is 16.1. The lowest BCUT2D eigenvalue weighted by Crippen LogP contribution is -2.12. The van der Waals surface area contributed by atoms with Crippen molar-refractivity contribution in [1.29, 1.82) is 0 Å². The number of aromatic nitrogens is 4. The van der Waals surface area contributed by atoms with Crippen LogP contribution < -0.4 is 5.32 Å². The number of nitrogens with zero attached hydrogens (tertiary/aromatic N) is 3. The van der Waals surface area contributed by atoms with Crippen LogP contribution in [0.5, 0.6) is 0 Å². The fraction of sp³-hybridized carbons (Fsp3) is 0.0952. The SMILES string of the molecule is Cc1ccc(-c2cc(C(=O)Nc3cccc(-c4nccn4C)c3)[nH]n2)cc1. The van der Waals surface area contributed by atoms with Crippen LogP contribution >= 0.6 is 0 Å². The van der Waals surface area contributed by atoms with Gasteiger partial charge in [0.2, 0.25) is 0 Å². The van der Waals surface area contributed by atoms with Gasteiger partial charge >= 0.3 is 0 Å². The van der Waals surface area contributed by atoms with Crippen LogP contribution in [0.2, 0.25) is 0 Å². The van der Waals surface area contributed by atoms with E-state index in [-0.39, 0.29) is 5.91 Å². The van der Waals surface area contributed by atoms with Gasteiger partial charge in [-0.25, -0.2) is 4.98 Å². The fourth-order valence-corrected chi connectivity index (χ4v) is 2.89. The highest BCUT2D eigenvalue weighted by Crippen LogP contribution is 2.22. The molecule has 27 heavy (non-hydrogen) atoms. The second-order valence-corrected chi connectivity index (χ2v) is 6.43. The number of carbonyl (C=O) groups excluding carboxylic acids is 1. The van der Waals surface area contributed by atoms with Crippen molar-refractivity contribution in [3.05, 3.63) is 78.2 Å². The van der Waals surface area contributed by atoms with E-state index in [2.05, 4.69) is 20.5 Å². The number of carbonyl (C=O) groups is 1. The van der Waals surface area contributed by atoms with Crippen molar-refractivity contribution >= 4 is 11.6 Å². The monoisotopic (exact) mass is 357 g/mol. The first-order valence-electron chi connectivity index (χ1n) is 8.62. The molecule has 6 heteroatoms. The summed E-state index contributed by atoms with van der Waals surface area (Å²) in [7, 11) is 1.94. The summed E-state index contributed by atoms with van der Waals surface area (Å²) in [5.41, 5.74) is 4.93. The molecular formula is C21H19N5O. The van der Waals surface area contributed by atoms with E-state index in [1.807, 2.05) is 73.3 Å². The number of rotatable bonds is 4. The first-order chi connectivity index (χ1) is 13.1. The lowest BCUT2D eigenvalue weighted by Gasteiger charge is -2.06. The molecule has 0 bridgehead atoms. The van der Waals surface area contributed by atoms with Crippen LogP contribution in [0, 0.1) is 6.92 Å². The minimum Gasteiger partial charge on any atom is -0.334 e. The van der Waals surface area contributed by atoms with E-state index < -0.39 is 0 Å². The number of amides is 1. The standard InChI is InChI=1S/C21H19N5O/c1-14-6-8-15(9-7-14)18-13-19(25-24-18)21(27)23-17-5-3-4-16(12-17)20-22-10-11-26(20)2/h3-13H,1-2H3,(H,23,27)(H,24,25). The minimum absolute atomic E-state index is 0.238. The first kappa shape index (κ1) is 16.8. The Morgan fingerprint density at radius 2 is 1.89 bits per heavy atom. The topological polar surface area (TPSA) is 75.6 Å². The molecule has 0 radical (unpaired) electrons. The van der Waals surface area contributed by atoms with Crippen LogP contribution in [0.4, 0.5) is 5.69 Å². The smallest absolute Gasteiger partial charge is 0.273 e. The van der Waals surface area contributed by atoms with E-state index in [1.165, 1.54) is 5.56 Å². The summed E-state index contributed by atoms with van der Waals surface area (Å²) < 4.78 is 1.93. The molecular weight excluding hydrogens is 338 g/mol. The third-order valence-electron chi connectivity index (χ3n) is 4.37. The molecule has 0 spiro atoms. The zero-order chi connectivity index (χ0) is 18.8. The molecule has 4 aromatic rings. The zero-order valence-corrected chi connectivity index (χ0v) is 15.1. The molecule has 4 rings (SSSR count). The summed E-state index contributed by atoms with van der Waals surface area (Å²) in [4.78, 5) is 16.9. The Morgan fingerprint density at radius 3 is 2.63 bits per heavy atom. The van der Waals surface area contributed by atoms with E-state index in [1.54, 1.807) is 12.3 Å². The van der Waals surface area contributed by atoms with Gasteiger partial charge in [0.25, 0.3) is 5.91 Å². The van der Waals surface area contributed by atoms with Crippen LogP contribution in [0.1, 0.15) is 16.1 Å². The third-order valence-corrected chi connectivity index (χ3v) is 4.37. The molecule has 0 unspecified atom stereocenters. The summed E-state index contributed by atoms with van der Waals surface area (Å²) in [6, 6.07) is 17.4. The largest absolute Gasteiger partial charge is 0.334 e. The fourth-order valence-electron chi connectivity index (χ4n) is 2.89. The highest BCUT2D eigenvalue weighted by molar-refractivity contribution is 6.03. The predicted octanol–water partition coefficient (Wildman–Crippen LogP) is 4.04. The van der Waals surface area contributed by atoms with Gasteiger partial charge in [0, 0.05) is 36.3 Å². The van der Waals surface area contributed by atoms with E-state index in [0.717, 1.165) is 22.6 Å². The average Bonchev–Trinajstić information content (AvgIpc) is 3.32. The molecule has 0 aliphatic rings. The Bertz CT molecular complexity index is 1090. The zero-order valence-electron chi connectivity index (χ0n) is 15.1. The van der Waals surface area contributed by atoms with E-state index in [4.69, 9.17) is 0 Å². The lowest BCUT2D eigenvalue weighted by atomic mass is 10.1. The van der Waals surface area contributed by atoms with Gasteiger partial charge in [-0.3, -0.25) is 9.89 Å². The van der Waals surface area contributed by atoms with Crippen LogP contribution in [0.25, 0.3) is 22.6 Å². The minimum atomic E-state index is -0.238. The number of nitrogens with one attached hydrogen (secondary N) is 2. The highest BCUT2D eigenvalue weighted by Gasteiger charge is 2.12. The molecule has 2 heterocycles. The average molecular weight is 357 g/mol. The summed E-state index contributed by atoms with van der Waals surface area (Å²) in [5.74, 6) is 0.604. The Labute approximate surface area is 156 Å². The molecule has 2 aromatic carbocycles. The molecule has 0 aliphatic carbocycles. The van der Waals surface area contributed by atoms with E-state index in [0.29, 0.717) is 11.4 Å². The lowest BCUT2D eigenvalue weighted by molar-refractivity contribution is 0.102. The number of aryl methyl sites for hydroxylation is 2.